The zero-order valence-corrected chi connectivity index (χ0v) is 16.9. The van der Waals surface area contributed by atoms with Crippen LogP contribution >= 0.6 is 11.3 Å². The lowest BCUT2D eigenvalue weighted by molar-refractivity contribution is 0.0642. The first-order valence-corrected chi connectivity index (χ1v) is 10.5. The molecule has 0 N–H and O–H groups in total. The first-order valence-electron chi connectivity index (χ1n) is 9.65. The van der Waals surface area contributed by atoms with E-state index in [0.29, 0.717) is 0 Å². The van der Waals surface area contributed by atoms with Crippen LogP contribution in [0, 0.1) is 6.92 Å². The molecule has 144 valence electrons. The van der Waals surface area contributed by atoms with Crippen LogP contribution in [-0.2, 0) is 6.42 Å². The Bertz CT molecular complexity index is 918. The van der Waals surface area contributed by atoms with Gasteiger partial charge in [-0.1, -0.05) is 36.4 Å². The van der Waals surface area contributed by atoms with Crippen LogP contribution in [0.1, 0.15) is 20.9 Å². The van der Waals surface area contributed by atoms with Crippen LogP contribution in [0.2, 0.25) is 0 Å². The highest BCUT2D eigenvalue weighted by molar-refractivity contribution is 7.17. The minimum absolute atomic E-state index is 0.0971. The van der Waals surface area contributed by atoms with Crippen molar-refractivity contribution in [3.8, 4) is 10.7 Å². The fourth-order valence-corrected chi connectivity index (χ4v) is 4.45. The van der Waals surface area contributed by atoms with Crippen LogP contribution in [-0.4, -0.2) is 58.4 Å². The van der Waals surface area contributed by atoms with Crippen molar-refractivity contribution in [1.29, 1.82) is 0 Å². The van der Waals surface area contributed by atoms with E-state index in [4.69, 9.17) is 0 Å². The number of rotatable bonds is 5. The molecule has 0 saturated carbocycles. The molecule has 0 bridgehead atoms. The van der Waals surface area contributed by atoms with Gasteiger partial charge >= 0.3 is 0 Å². The summed E-state index contributed by atoms with van der Waals surface area (Å²) in [5, 5.41) is 0.808. The van der Waals surface area contributed by atoms with Gasteiger partial charge in [-0.05, 0) is 31.0 Å². The lowest BCUT2D eigenvalue weighted by Gasteiger charge is -2.34. The highest BCUT2D eigenvalue weighted by Crippen LogP contribution is 2.27. The molecule has 2 aromatic heterocycles. The molecular formula is C22H24N4OS. The Morgan fingerprint density at radius 1 is 1.04 bits per heavy atom. The molecule has 3 aromatic rings. The summed E-state index contributed by atoms with van der Waals surface area (Å²) in [7, 11) is 0. The zero-order valence-electron chi connectivity index (χ0n) is 16.0. The van der Waals surface area contributed by atoms with Crippen molar-refractivity contribution < 1.29 is 4.79 Å². The number of amides is 1. The van der Waals surface area contributed by atoms with Crippen LogP contribution in [0.15, 0.2) is 54.7 Å². The summed E-state index contributed by atoms with van der Waals surface area (Å²) < 4.78 is 0. The summed E-state index contributed by atoms with van der Waals surface area (Å²) in [4.78, 5) is 27.1. The van der Waals surface area contributed by atoms with Crippen LogP contribution in [0.4, 0.5) is 0 Å². The standard InChI is InChI=1S/C22H24N4OS/c1-17-20(28-21(24-17)19-9-5-6-11-23-19)22(27)26-15-13-25(14-16-26)12-10-18-7-3-2-4-8-18/h2-9,11H,10,12-16H2,1H3. The average Bonchev–Trinajstić information content (AvgIpc) is 3.15. The van der Waals surface area contributed by atoms with E-state index < -0.39 is 0 Å². The van der Waals surface area contributed by atoms with Crippen LogP contribution in [0.3, 0.4) is 0 Å². The second-order valence-electron chi connectivity index (χ2n) is 7.02. The number of pyridine rings is 1. The van der Waals surface area contributed by atoms with E-state index in [9.17, 15) is 4.79 Å². The Hall–Kier alpha value is -2.57. The van der Waals surface area contributed by atoms with Gasteiger partial charge in [0.05, 0.1) is 11.4 Å². The number of carbonyl (C=O) groups is 1. The molecule has 0 radical (unpaired) electrons. The van der Waals surface area contributed by atoms with Gasteiger partial charge in [0.15, 0.2) is 0 Å². The molecule has 6 heteroatoms. The Morgan fingerprint density at radius 3 is 2.50 bits per heavy atom. The third kappa shape index (κ3) is 4.29. The van der Waals surface area contributed by atoms with Gasteiger partial charge in [-0.25, -0.2) is 4.98 Å². The van der Waals surface area contributed by atoms with Crippen LogP contribution in [0.25, 0.3) is 10.7 Å². The topological polar surface area (TPSA) is 49.3 Å². The molecule has 1 aliphatic rings. The number of nitrogens with zero attached hydrogens (tertiary/aromatic N) is 4. The van der Waals surface area contributed by atoms with Gasteiger partial charge in [-0.15, -0.1) is 11.3 Å². The van der Waals surface area contributed by atoms with Gasteiger partial charge < -0.3 is 4.90 Å². The van der Waals surface area contributed by atoms with Gasteiger partial charge in [0.25, 0.3) is 5.91 Å². The van der Waals surface area contributed by atoms with E-state index in [0.717, 1.165) is 60.4 Å². The Balaban J connectivity index is 1.35. The second-order valence-corrected chi connectivity index (χ2v) is 8.02. The molecule has 0 atom stereocenters. The highest BCUT2D eigenvalue weighted by Gasteiger charge is 2.25. The number of carbonyl (C=O) groups excluding carboxylic acids is 1. The first-order chi connectivity index (χ1) is 13.7. The molecule has 5 nitrogen and oxygen atoms in total. The number of aromatic nitrogens is 2. The van der Waals surface area contributed by atoms with Gasteiger partial charge in [0.1, 0.15) is 9.88 Å². The lowest BCUT2D eigenvalue weighted by Crippen LogP contribution is -2.49. The van der Waals surface area contributed by atoms with Crippen molar-refractivity contribution in [2.75, 3.05) is 32.7 Å². The van der Waals surface area contributed by atoms with E-state index in [2.05, 4.69) is 45.2 Å². The third-order valence-corrected chi connectivity index (χ3v) is 6.26. The number of piperazine rings is 1. The molecule has 0 spiro atoms. The number of hydrogen-bond donors (Lipinski definition) is 0. The van der Waals surface area contributed by atoms with Crippen molar-refractivity contribution >= 4 is 17.2 Å². The van der Waals surface area contributed by atoms with E-state index >= 15 is 0 Å². The number of aryl methyl sites for hydroxylation is 1. The van der Waals surface area contributed by atoms with Gasteiger partial charge in [0.2, 0.25) is 0 Å². The molecule has 1 saturated heterocycles. The maximum absolute atomic E-state index is 13.0. The zero-order chi connectivity index (χ0) is 19.3. The van der Waals surface area contributed by atoms with Gasteiger partial charge in [-0.3, -0.25) is 14.7 Å². The predicted molar refractivity (Wildman–Crippen MR) is 113 cm³/mol. The number of thiazole rings is 1. The molecular weight excluding hydrogens is 368 g/mol. The smallest absolute Gasteiger partial charge is 0.265 e. The quantitative estimate of drug-likeness (QED) is 0.667. The number of hydrogen-bond acceptors (Lipinski definition) is 5. The summed E-state index contributed by atoms with van der Waals surface area (Å²) in [6, 6.07) is 16.3. The summed E-state index contributed by atoms with van der Waals surface area (Å²) in [5.41, 5.74) is 2.98. The predicted octanol–water partition coefficient (Wildman–Crippen LogP) is 3.51. The summed E-state index contributed by atoms with van der Waals surface area (Å²) >= 11 is 1.44. The highest BCUT2D eigenvalue weighted by atomic mass is 32.1. The SMILES string of the molecule is Cc1nc(-c2ccccn2)sc1C(=O)N1CCN(CCc2ccccc2)CC1. The summed E-state index contributed by atoms with van der Waals surface area (Å²) in [6.07, 6.45) is 2.80. The fraction of sp³-hybridized carbons (Fsp3) is 0.318. The molecule has 1 aliphatic heterocycles. The normalized spacial score (nSPS) is 15.0. The second kappa shape index (κ2) is 8.63. The molecule has 1 aromatic carbocycles. The molecule has 1 fully saturated rings. The molecule has 3 heterocycles. The van der Waals surface area contributed by atoms with Crippen molar-refractivity contribution in [3.05, 3.63) is 70.9 Å². The van der Waals surface area contributed by atoms with Crippen molar-refractivity contribution in [1.82, 2.24) is 19.8 Å². The maximum atomic E-state index is 13.0. The van der Waals surface area contributed by atoms with Crippen LogP contribution in [0.5, 0.6) is 0 Å². The van der Waals surface area contributed by atoms with Crippen molar-refractivity contribution in [2.24, 2.45) is 0 Å². The molecule has 1 amide bonds. The third-order valence-electron chi connectivity index (χ3n) is 5.09. The average molecular weight is 393 g/mol. The molecule has 0 aliphatic carbocycles. The van der Waals surface area contributed by atoms with Crippen molar-refractivity contribution in [2.45, 2.75) is 13.3 Å². The summed E-state index contributed by atoms with van der Waals surface area (Å²) in [6.45, 7) is 6.32. The molecule has 0 unspecified atom stereocenters. The van der Waals surface area contributed by atoms with Gasteiger partial charge in [0, 0.05) is 38.9 Å². The minimum atomic E-state index is 0.0971. The molecule has 28 heavy (non-hydrogen) atoms. The van der Waals surface area contributed by atoms with E-state index in [1.807, 2.05) is 30.0 Å². The monoisotopic (exact) mass is 392 g/mol. The van der Waals surface area contributed by atoms with E-state index in [1.165, 1.54) is 16.9 Å². The van der Waals surface area contributed by atoms with Gasteiger partial charge in [-0.2, -0.15) is 0 Å². The van der Waals surface area contributed by atoms with Crippen LogP contribution < -0.4 is 0 Å². The van der Waals surface area contributed by atoms with E-state index in [-0.39, 0.29) is 5.91 Å². The lowest BCUT2D eigenvalue weighted by atomic mass is 10.1. The minimum Gasteiger partial charge on any atom is -0.335 e. The molecule has 4 rings (SSSR count). The summed E-state index contributed by atoms with van der Waals surface area (Å²) in [5.74, 6) is 0.0971. The Morgan fingerprint density at radius 2 is 1.79 bits per heavy atom. The Labute approximate surface area is 169 Å². The first kappa shape index (κ1) is 18.8. The maximum Gasteiger partial charge on any atom is 0.265 e. The largest absolute Gasteiger partial charge is 0.335 e. The van der Waals surface area contributed by atoms with Crippen molar-refractivity contribution in [3.63, 3.8) is 0 Å². The fourth-order valence-electron chi connectivity index (χ4n) is 3.44. The number of benzene rings is 1. The Kier molecular flexibility index (Phi) is 5.78. The van der Waals surface area contributed by atoms with E-state index in [1.54, 1.807) is 6.20 Å².